The van der Waals surface area contributed by atoms with Crippen LogP contribution in [0.2, 0.25) is 0 Å². The molecule has 1 aromatic heterocycles. The van der Waals surface area contributed by atoms with Crippen LogP contribution < -0.4 is 10.0 Å². The van der Waals surface area contributed by atoms with E-state index >= 15 is 0 Å². The molecule has 1 aromatic rings. The highest BCUT2D eigenvalue weighted by Crippen LogP contribution is 2.26. The molecule has 0 fully saturated rings. The van der Waals surface area contributed by atoms with Gasteiger partial charge in [0.1, 0.15) is 0 Å². The summed E-state index contributed by atoms with van der Waals surface area (Å²) in [5.74, 6) is 0. The van der Waals surface area contributed by atoms with Gasteiger partial charge in [0.15, 0.2) is 0 Å². The van der Waals surface area contributed by atoms with Crippen LogP contribution in [0.4, 0.5) is 0 Å². The van der Waals surface area contributed by atoms with Crippen molar-refractivity contribution in [3.63, 3.8) is 0 Å². The molecule has 1 heterocycles. The quantitative estimate of drug-likeness (QED) is 0.682. The van der Waals surface area contributed by atoms with E-state index in [1.54, 1.807) is 17.4 Å². The predicted molar refractivity (Wildman–Crippen MR) is 90.3 cm³/mol. The van der Waals surface area contributed by atoms with Crippen molar-refractivity contribution < 1.29 is 8.42 Å². The Hall–Kier alpha value is -0.430. The Balaban J connectivity index is 2.79. The summed E-state index contributed by atoms with van der Waals surface area (Å²) in [6.07, 6.45) is 2.01. The molecule has 0 aliphatic heterocycles. The zero-order chi connectivity index (χ0) is 16.1. The van der Waals surface area contributed by atoms with Gasteiger partial charge in [-0.2, -0.15) is 0 Å². The van der Waals surface area contributed by atoms with E-state index in [0.717, 1.165) is 35.7 Å². The van der Waals surface area contributed by atoms with Gasteiger partial charge >= 0.3 is 0 Å². The van der Waals surface area contributed by atoms with Crippen LogP contribution in [0, 0.1) is 12.3 Å². The number of rotatable bonds is 9. The molecule has 2 N–H and O–H groups in total. The Morgan fingerprint density at radius 2 is 1.95 bits per heavy atom. The molecule has 6 heteroatoms. The van der Waals surface area contributed by atoms with E-state index in [0.29, 0.717) is 11.4 Å². The van der Waals surface area contributed by atoms with E-state index in [2.05, 4.69) is 37.7 Å². The van der Waals surface area contributed by atoms with Crippen molar-refractivity contribution in [3.8, 4) is 0 Å². The normalized spacial score (nSPS) is 12.8. The number of hydrogen-bond acceptors (Lipinski definition) is 4. The molecule has 0 aromatic carbocycles. The van der Waals surface area contributed by atoms with Crippen molar-refractivity contribution >= 4 is 21.4 Å². The van der Waals surface area contributed by atoms with Gasteiger partial charge in [-0.15, -0.1) is 11.3 Å². The summed E-state index contributed by atoms with van der Waals surface area (Å²) in [4.78, 5) is 2.34. The van der Waals surface area contributed by atoms with E-state index in [1.165, 1.54) is 0 Å². The second kappa shape index (κ2) is 7.72. The standard InChI is InChI=1S/C15H28N2O2S2/c1-6-8-16-10-13-9-14(12(3)20-13)21(18,19)17-11-15(4,5)7-2/h9,16-17H,6-8,10-11H2,1-5H3. The molecule has 0 radical (unpaired) electrons. The summed E-state index contributed by atoms with van der Waals surface area (Å²) in [5, 5.41) is 3.30. The van der Waals surface area contributed by atoms with Gasteiger partial charge in [-0.25, -0.2) is 13.1 Å². The second-order valence-electron chi connectivity index (χ2n) is 6.15. The molecule has 1 rings (SSSR count). The van der Waals surface area contributed by atoms with Crippen LogP contribution in [0.1, 0.15) is 50.3 Å². The Kier molecular flexibility index (Phi) is 6.84. The fraction of sp³-hybridized carbons (Fsp3) is 0.733. The molecule has 21 heavy (non-hydrogen) atoms. The average Bonchev–Trinajstić information content (AvgIpc) is 2.79. The first-order valence-corrected chi connectivity index (χ1v) is 9.81. The van der Waals surface area contributed by atoms with Crippen LogP contribution in [0.3, 0.4) is 0 Å². The van der Waals surface area contributed by atoms with Crippen molar-refractivity contribution in [3.05, 3.63) is 15.8 Å². The molecule has 0 aliphatic rings. The fourth-order valence-corrected chi connectivity index (χ4v) is 4.60. The molecule has 0 saturated carbocycles. The lowest BCUT2D eigenvalue weighted by atomic mass is 9.91. The van der Waals surface area contributed by atoms with Crippen molar-refractivity contribution in [2.75, 3.05) is 13.1 Å². The minimum Gasteiger partial charge on any atom is -0.312 e. The first-order chi connectivity index (χ1) is 9.72. The molecule has 122 valence electrons. The third kappa shape index (κ3) is 5.70. The lowest BCUT2D eigenvalue weighted by Gasteiger charge is -2.22. The SMILES string of the molecule is CCCNCc1cc(S(=O)(=O)NCC(C)(C)CC)c(C)s1. The maximum Gasteiger partial charge on any atom is 0.241 e. The van der Waals surface area contributed by atoms with E-state index < -0.39 is 10.0 Å². The summed E-state index contributed by atoms with van der Waals surface area (Å²) in [6, 6.07) is 1.80. The lowest BCUT2D eigenvalue weighted by Crippen LogP contribution is -2.33. The van der Waals surface area contributed by atoms with Crippen molar-refractivity contribution in [2.24, 2.45) is 5.41 Å². The van der Waals surface area contributed by atoms with Crippen LogP contribution in [-0.4, -0.2) is 21.5 Å². The van der Waals surface area contributed by atoms with Gasteiger partial charge in [0.25, 0.3) is 0 Å². The maximum atomic E-state index is 12.4. The number of hydrogen-bond donors (Lipinski definition) is 2. The largest absolute Gasteiger partial charge is 0.312 e. The highest BCUT2D eigenvalue weighted by molar-refractivity contribution is 7.89. The topological polar surface area (TPSA) is 58.2 Å². The summed E-state index contributed by atoms with van der Waals surface area (Å²) in [5.41, 5.74) is -0.0253. The van der Waals surface area contributed by atoms with Gasteiger partial charge < -0.3 is 5.32 Å². The first kappa shape index (κ1) is 18.6. The van der Waals surface area contributed by atoms with Gasteiger partial charge in [-0.3, -0.25) is 0 Å². The third-order valence-corrected chi connectivity index (χ3v) is 6.34. The highest BCUT2D eigenvalue weighted by Gasteiger charge is 2.23. The number of sulfonamides is 1. The Morgan fingerprint density at radius 1 is 1.29 bits per heavy atom. The summed E-state index contributed by atoms with van der Waals surface area (Å²) < 4.78 is 27.6. The number of aryl methyl sites for hydroxylation is 1. The zero-order valence-corrected chi connectivity index (χ0v) is 15.4. The molecule has 0 unspecified atom stereocenters. The monoisotopic (exact) mass is 332 g/mol. The fourth-order valence-electron chi connectivity index (χ4n) is 1.76. The van der Waals surface area contributed by atoms with Crippen LogP contribution in [-0.2, 0) is 16.6 Å². The third-order valence-electron chi connectivity index (χ3n) is 3.64. The minimum atomic E-state index is -3.41. The van der Waals surface area contributed by atoms with Gasteiger partial charge in [0, 0.05) is 22.8 Å². The van der Waals surface area contributed by atoms with Gasteiger partial charge in [-0.05, 0) is 37.8 Å². The second-order valence-corrected chi connectivity index (χ2v) is 9.23. The number of thiophene rings is 1. The molecule has 0 atom stereocenters. The van der Waals surface area contributed by atoms with Gasteiger partial charge in [0.05, 0.1) is 4.90 Å². The van der Waals surface area contributed by atoms with E-state index in [4.69, 9.17) is 0 Å². The first-order valence-electron chi connectivity index (χ1n) is 7.51. The Morgan fingerprint density at radius 3 is 2.52 bits per heavy atom. The smallest absolute Gasteiger partial charge is 0.241 e. The molecule has 0 amide bonds. The molecule has 0 aliphatic carbocycles. The van der Waals surface area contributed by atoms with Crippen molar-refractivity contribution in [1.82, 2.24) is 10.0 Å². The summed E-state index contributed by atoms with van der Waals surface area (Å²) >= 11 is 1.55. The van der Waals surface area contributed by atoms with Crippen LogP contribution in [0.5, 0.6) is 0 Å². The Labute approximate surface area is 133 Å². The zero-order valence-electron chi connectivity index (χ0n) is 13.7. The Bertz CT molecular complexity index is 548. The van der Waals surface area contributed by atoms with Crippen LogP contribution in [0.15, 0.2) is 11.0 Å². The molecule has 4 nitrogen and oxygen atoms in total. The van der Waals surface area contributed by atoms with E-state index in [-0.39, 0.29) is 5.41 Å². The van der Waals surface area contributed by atoms with E-state index in [1.807, 2.05) is 6.92 Å². The van der Waals surface area contributed by atoms with Crippen LogP contribution in [0.25, 0.3) is 0 Å². The van der Waals surface area contributed by atoms with Crippen molar-refractivity contribution in [1.29, 1.82) is 0 Å². The maximum absolute atomic E-state index is 12.4. The average molecular weight is 333 g/mol. The van der Waals surface area contributed by atoms with Crippen LogP contribution >= 0.6 is 11.3 Å². The molecular formula is C15H28N2O2S2. The molecule has 0 bridgehead atoms. The predicted octanol–water partition coefficient (Wildman–Crippen LogP) is 3.27. The lowest BCUT2D eigenvalue weighted by molar-refractivity contribution is 0.350. The van der Waals surface area contributed by atoms with Gasteiger partial charge in [-0.1, -0.05) is 27.7 Å². The number of nitrogens with one attached hydrogen (secondary N) is 2. The van der Waals surface area contributed by atoms with Gasteiger partial charge in [0.2, 0.25) is 10.0 Å². The molecule has 0 saturated heterocycles. The van der Waals surface area contributed by atoms with E-state index in [9.17, 15) is 8.42 Å². The summed E-state index contributed by atoms with van der Waals surface area (Å²) in [7, 11) is -3.41. The minimum absolute atomic E-state index is 0.0253. The van der Waals surface area contributed by atoms with Crippen molar-refractivity contribution in [2.45, 2.75) is 58.9 Å². The highest BCUT2D eigenvalue weighted by atomic mass is 32.2. The molecule has 0 spiro atoms. The summed E-state index contributed by atoms with van der Waals surface area (Å²) in [6.45, 7) is 12.3. The molecular weight excluding hydrogens is 304 g/mol.